The van der Waals surface area contributed by atoms with Crippen molar-refractivity contribution in [1.29, 1.82) is 0 Å². The fourth-order valence-corrected chi connectivity index (χ4v) is 2.87. The van der Waals surface area contributed by atoms with Crippen LogP contribution in [0, 0.1) is 0 Å². The number of esters is 1. The van der Waals surface area contributed by atoms with Crippen molar-refractivity contribution in [2.45, 2.75) is 6.54 Å². The highest BCUT2D eigenvalue weighted by molar-refractivity contribution is 7.80. The topological polar surface area (TPSA) is 110 Å². The van der Waals surface area contributed by atoms with Crippen molar-refractivity contribution in [3.63, 3.8) is 0 Å². The monoisotopic (exact) mass is 437 g/mol. The molecule has 0 unspecified atom stereocenters. The molecule has 3 rings (SSSR count). The van der Waals surface area contributed by atoms with Crippen molar-refractivity contribution in [2.24, 2.45) is 0 Å². The molecule has 0 saturated heterocycles. The lowest BCUT2D eigenvalue weighted by Crippen LogP contribution is -2.35. The van der Waals surface area contributed by atoms with Crippen LogP contribution in [-0.2, 0) is 11.3 Å². The van der Waals surface area contributed by atoms with E-state index < -0.39 is 11.9 Å². The van der Waals surface area contributed by atoms with Gasteiger partial charge in [-0.1, -0.05) is 12.1 Å². The van der Waals surface area contributed by atoms with E-state index in [0.29, 0.717) is 28.1 Å². The Bertz CT molecular complexity index is 1090. The molecular weight excluding hydrogens is 418 g/mol. The van der Waals surface area contributed by atoms with E-state index in [9.17, 15) is 14.4 Å². The molecule has 0 bridgehead atoms. The average molecular weight is 437 g/mol. The number of methoxy groups -OCH3 is 1. The highest BCUT2D eigenvalue weighted by Gasteiger charge is 2.14. The Balaban J connectivity index is 1.62. The van der Waals surface area contributed by atoms with Crippen LogP contribution in [0.5, 0.6) is 0 Å². The zero-order chi connectivity index (χ0) is 22.2. The van der Waals surface area contributed by atoms with Crippen molar-refractivity contribution >= 4 is 40.8 Å². The van der Waals surface area contributed by atoms with Gasteiger partial charge in [-0.2, -0.15) is 0 Å². The molecule has 8 nitrogen and oxygen atoms in total. The van der Waals surface area contributed by atoms with Gasteiger partial charge in [0.2, 0.25) is 0 Å². The summed E-state index contributed by atoms with van der Waals surface area (Å²) in [5.41, 5.74) is 1.43. The Kier molecular flexibility index (Phi) is 7.13. The van der Waals surface area contributed by atoms with Crippen molar-refractivity contribution in [2.75, 3.05) is 12.4 Å². The van der Waals surface area contributed by atoms with E-state index in [4.69, 9.17) is 16.6 Å². The van der Waals surface area contributed by atoms with Gasteiger partial charge in [0, 0.05) is 5.56 Å². The first-order chi connectivity index (χ1) is 15.0. The number of benzene rings is 2. The summed E-state index contributed by atoms with van der Waals surface area (Å²) in [6.07, 6.45) is 1.53. The zero-order valence-corrected chi connectivity index (χ0v) is 17.3. The summed E-state index contributed by atoms with van der Waals surface area (Å²) in [6.45, 7) is 0.239. The fraction of sp³-hybridized carbons (Fsp3) is 0.0909. The first kappa shape index (κ1) is 21.7. The molecule has 2 amide bonds. The molecule has 31 heavy (non-hydrogen) atoms. The van der Waals surface area contributed by atoms with E-state index in [1.54, 1.807) is 36.4 Å². The van der Waals surface area contributed by atoms with Gasteiger partial charge in [-0.05, 0) is 60.7 Å². The molecule has 0 saturated carbocycles. The molecule has 0 atom stereocenters. The van der Waals surface area contributed by atoms with Crippen LogP contribution in [0.4, 0.5) is 5.69 Å². The van der Waals surface area contributed by atoms with Crippen LogP contribution in [0.15, 0.2) is 71.3 Å². The van der Waals surface area contributed by atoms with E-state index >= 15 is 0 Å². The Labute approximate surface area is 183 Å². The summed E-state index contributed by atoms with van der Waals surface area (Å²) >= 11 is 5.21. The third kappa shape index (κ3) is 5.77. The Hall–Kier alpha value is -3.98. The maximum Gasteiger partial charge on any atom is 0.337 e. The van der Waals surface area contributed by atoms with Gasteiger partial charge in [0.25, 0.3) is 11.8 Å². The molecule has 0 aliphatic carbocycles. The van der Waals surface area contributed by atoms with Gasteiger partial charge in [-0.15, -0.1) is 0 Å². The first-order valence-electron chi connectivity index (χ1n) is 9.18. The van der Waals surface area contributed by atoms with E-state index in [1.165, 1.54) is 37.6 Å². The lowest BCUT2D eigenvalue weighted by Gasteiger charge is -2.13. The van der Waals surface area contributed by atoms with Gasteiger partial charge in [-0.3, -0.25) is 14.9 Å². The number of ether oxygens (including phenoxy) is 1. The minimum absolute atomic E-state index is 0.0216. The maximum absolute atomic E-state index is 12.5. The van der Waals surface area contributed by atoms with Crippen LogP contribution in [0.3, 0.4) is 0 Å². The number of para-hydroxylation sites is 1. The molecule has 0 fully saturated rings. The van der Waals surface area contributed by atoms with Crippen LogP contribution in [0.25, 0.3) is 0 Å². The lowest BCUT2D eigenvalue weighted by atomic mass is 10.1. The Morgan fingerprint density at radius 2 is 1.65 bits per heavy atom. The van der Waals surface area contributed by atoms with Crippen LogP contribution in [0.2, 0.25) is 0 Å². The van der Waals surface area contributed by atoms with Crippen molar-refractivity contribution < 1.29 is 23.5 Å². The molecule has 9 heteroatoms. The molecule has 0 aliphatic heterocycles. The number of hydrogen-bond acceptors (Lipinski definition) is 6. The average Bonchev–Trinajstić information content (AvgIpc) is 3.31. The summed E-state index contributed by atoms with van der Waals surface area (Å²) in [5, 5.41) is 8.19. The van der Waals surface area contributed by atoms with Crippen LogP contribution in [0.1, 0.15) is 36.8 Å². The third-order valence-corrected chi connectivity index (χ3v) is 4.42. The molecule has 0 spiro atoms. The zero-order valence-electron chi connectivity index (χ0n) is 16.5. The molecule has 1 heterocycles. The summed E-state index contributed by atoms with van der Waals surface area (Å²) in [7, 11) is 1.28. The largest absolute Gasteiger partial charge is 0.467 e. The maximum atomic E-state index is 12.5. The lowest BCUT2D eigenvalue weighted by molar-refractivity contribution is 0.0600. The molecule has 1 aromatic heterocycles. The van der Waals surface area contributed by atoms with Crippen LogP contribution >= 0.6 is 12.2 Å². The number of anilines is 1. The van der Waals surface area contributed by atoms with Gasteiger partial charge >= 0.3 is 5.97 Å². The number of amides is 2. The predicted molar refractivity (Wildman–Crippen MR) is 118 cm³/mol. The van der Waals surface area contributed by atoms with E-state index in [1.807, 2.05) is 0 Å². The minimum atomic E-state index is -0.494. The Morgan fingerprint density at radius 3 is 2.32 bits per heavy atom. The van der Waals surface area contributed by atoms with Crippen molar-refractivity contribution in [3.8, 4) is 0 Å². The molecule has 0 radical (unpaired) electrons. The van der Waals surface area contributed by atoms with Gasteiger partial charge in [0.05, 0.1) is 36.7 Å². The molecule has 3 aromatic rings. The quantitative estimate of drug-likeness (QED) is 0.401. The number of thiocarbonyl (C=S) groups is 1. The van der Waals surface area contributed by atoms with Gasteiger partial charge in [0.1, 0.15) is 5.76 Å². The van der Waals surface area contributed by atoms with Crippen molar-refractivity contribution in [3.05, 3.63) is 89.4 Å². The molecule has 2 aromatic carbocycles. The highest BCUT2D eigenvalue weighted by Crippen LogP contribution is 2.15. The number of nitrogens with one attached hydrogen (secondary N) is 3. The van der Waals surface area contributed by atoms with Gasteiger partial charge in [0.15, 0.2) is 5.11 Å². The normalized spacial score (nSPS) is 10.1. The molecular formula is C22H19N3O5S. The number of carbonyl (C=O) groups is 3. The number of hydrogen-bond donors (Lipinski definition) is 3. The third-order valence-electron chi connectivity index (χ3n) is 4.22. The van der Waals surface area contributed by atoms with Crippen LogP contribution < -0.4 is 16.0 Å². The summed E-state index contributed by atoms with van der Waals surface area (Å²) < 4.78 is 9.83. The number of rotatable bonds is 6. The van der Waals surface area contributed by atoms with Crippen LogP contribution in [-0.4, -0.2) is 30.0 Å². The standard InChI is InChI=1S/C22H19N3O5S/c1-29-21(28)15-10-8-14(9-11-15)19(26)25-22(31)24-18-7-3-2-6-17(18)20(27)23-13-16-5-4-12-30-16/h2-12H,13H2,1H3,(H,23,27)(H2,24,25,26,31). The Morgan fingerprint density at radius 1 is 0.935 bits per heavy atom. The smallest absolute Gasteiger partial charge is 0.337 e. The van der Waals surface area contributed by atoms with Gasteiger partial charge in [-0.25, -0.2) is 4.79 Å². The first-order valence-corrected chi connectivity index (χ1v) is 9.59. The van der Waals surface area contributed by atoms with E-state index in [2.05, 4.69) is 20.7 Å². The van der Waals surface area contributed by atoms with Gasteiger partial charge < -0.3 is 19.8 Å². The van der Waals surface area contributed by atoms with E-state index in [0.717, 1.165) is 0 Å². The molecule has 3 N–H and O–H groups in total. The van der Waals surface area contributed by atoms with Crippen molar-refractivity contribution in [1.82, 2.24) is 10.6 Å². The minimum Gasteiger partial charge on any atom is -0.467 e. The second-order valence-electron chi connectivity index (χ2n) is 6.28. The summed E-state index contributed by atoms with van der Waals surface area (Å²) in [5.74, 6) is -0.661. The SMILES string of the molecule is COC(=O)c1ccc(C(=O)NC(=S)Nc2ccccc2C(=O)NCc2ccco2)cc1. The predicted octanol–water partition coefficient (Wildman–Crippen LogP) is 3.12. The summed E-state index contributed by atoms with van der Waals surface area (Å²) in [4.78, 5) is 36.4. The van der Waals surface area contributed by atoms with E-state index in [-0.39, 0.29) is 17.6 Å². The molecule has 0 aliphatic rings. The second kappa shape index (κ2) is 10.2. The fourth-order valence-electron chi connectivity index (χ4n) is 2.67. The summed E-state index contributed by atoms with van der Waals surface area (Å²) in [6, 6.07) is 16.2. The molecule has 158 valence electrons. The highest BCUT2D eigenvalue weighted by atomic mass is 32.1. The number of furan rings is 1. The number of carbonyl (C=O) groups excluding carboxylic acids is 3. The second-order valence-corrected chi connectivity index (χ2v) is 6.69.